The summed E-state index contributed by atoms with van der Waals surface area (Å²) >= 11 is 1.80. The molecule has 0 radical (unpaired) electrons. The molecule has 104 valence electrons. The Morgan fingerprint density at radius 2 is 2.10 bits per heavy atom. The van der Waals surface area contributed by atoms with Crippen LogP contribution in [0.4, 0.5) is 0 Å². The Hall–Kier alpha value is -2.34. The van der Waals surface area contributed by atoms with Gasteiger partial charge in [-0.1, -0.05) is 18.2 Å². The van der Waals surface area contributed by atoms with Crippen LogP contribution in [0, 0.1) is 0 Å². The zero-order chi connectivity index (χ0) is 14.4. The zero-order valence-corrected chi connectivity index (χ0v) is 11.7. The van der Waals surface area contributed by atoms with Crippen molar-refractivity contribution in [3.63, 3.8) is 0 Å². The average molecular weight is 297 g/mol. The van der Waals surface area contributed by atoms with Crippen LogP contribution in [0.5, 0.6) is 0 Å². The van der Waals surface area contributed by atoms with Crippen molar-refractivity contribution in [3.05, 3.63) is 59.5 Å². The molecule has 6 heteroatoms. The van der Waals surface area contributed by atoms with Crippen LogP contribution in [0.25, 0.3) is 5.65 Å². The molecule has 0 saturated heterocycles. The van der Waals surface area contributed by atoms with Crippen molar-refractivity contribution in [1.82, 2.24) is 14.6 Å². The van der Waals surface area contributed by atoms with E-state index < -0.39 is 5.97 Å². The van der Waals surface area contributed by atoms with Gasteiger partial charge in [0.15, 0.2) is 5.65 Å². The molecule has 2 aromatic heterocycles. The summed E-state index contributed by atoms with van der Waals surface area (Å²) in [5.41, 5.74) is 2.14. The van der Waals surface area contributed by atoms with Gasteiger partial charge in [0, 0.05) is 16.8 Å². The number of benzene rings is 1. The van der Waals surface area contributed by atoms with Crippen LogP contribution in [0.15, 0.2) is 47.5 Å². The van der Waals surface area contributed by atoms with Crippen LogP contribution >= 0.6 is 11.8 Å². The molecule has 1 aliphatic rings. The van der Waals surface area contributed by atoms with Crippen molar-refractivity contribution in [2.75, 3.05) is 5.75 Å². The maximum absolute atomic E-state index is 11.1. The van der Waals surface area contributed by atoms with Gasteiger partial charge in [0.1, 0.15) is 5.82 Å². The Bertz CT molecular complexity index is 859. The Kier molecular flexibility index (Phi) is 2.71. The number of rotatable bonds is 2. The van der Waals surface area contributed by atoms with Crippen molar-refractivity contribution < 1.29 is 9.90 Å². The SMILES string of the molecule is O=C(O)c1ccc2nnc(C3CSc4ccccc43)n2c1. The number of carboxylic acids is 1. The number of aromatic nitrogens is 3. The van der Waals surface area contributed by atoms with Crippen molar-refractivity contribution in [2.45, 2.75) is 10.8 Å². The third-order valence-electron chi connectivity index (χ3n) is 3.69. The molecule has 21 heavy (non-hydrogen) atoms. The molecule has 3 aromatic rings. The number of carboxylic acid groups (broad SMARTS) is 1. The number of thioether (sulfide) groups is 1. The van der Waals surface area contributed by atoms with Gasteiger partial charge in [-0.3, -0.25) is 4.40 Å². The zero-order valence-electron chi connectivity index (χ0n) is 10.9. The number of hydrogen-bond acceptors (Lipinski definition) is 4. The predicted molar refractivity (Wildman–Crippen MR) is 79.0 cm³/mol. The highest BCUT2D eigenvalue weighted by Crippen LogP contribution is 2.42. The molecule has 0 fully saturated rings. The number of aromatic carboxylic acids is 1. The van der Waals surface area contributed by atoms with Gasteiger partial charge >= 0.3 is 5.97 Å². The minimum atomic E-state index is -0.947. The van der Waals surface area contributed by atoms with E-state index in [0.717, 1.165) is 11.6 Å². The van der Waals surface area contributed by atoms with E-state index in [1.165, 1.54) is 10.5 Å². The molecular weight excluding hydrogens is 286 g/mol. The molecule has 0 aliphatic carbocycles. The van der Waals surface area contributed by atoms with Crippen molar-refractivity contribution >= 4 is 23.4 Å². The van der Waals surface area contributed by atoms with E-state index in [2.05, 4.69) is 22.3 Å². The van der Waals surface area contributed by atoms with Gasteiger partial charge in [-0.15, -0.1) is 22.0 Å². The van der Waals surface area contributed by atoms with Crippen LogP contribution in [-0.2, 0) is 0 Å². The average Bonchev–Trinajstić information content (AvgIpc) is 3.09. The Balaban J connectivity index is 1.88. The van der Waals surface area contributed by atoms with Crippen LogP contribution < -0.4 is 0 Å². The minimum Gasteiger partial charge on any atom is -0.478 e. The normalized spacial score (nSPS) is 17.0. The number of pyridine rings is 1. The van der Waals surface area contributed by atoms with E-state index in [9.17, 15) is 4.79 Å². The summed E-state index contributed by atoms with van der Waals surface area (Å²) in [4.78, 5) is 12.4. The first-order valence-corrected chi connectivity index (χ1v) is 7.52. The Morgan fingerprint density at radius 3 is 2.95 bits per heavy atom. The van der Waals surface area contributed by atoms with Gasteiger partial charge in [0.2, 0.25) is 0 Å². The molecule has 1 N–H and O–H groups in total. The van der Waals surface area contributed by atoms with E-state index in [0.29, 0.717) is 5.65 Å². The summed E-state index contributed by atoms with van der Waals surface area (Å²) in [7, 11) is 0. The summed E-state index contributed by atoms with van der Waals surface area (Å²) in [6, 6.07) is 11.5. The molecule has 1 atom stereocenters. The van der Waals surface area contributed by atoms with Gasteiger partial charge < -0.3 is 5.11 Å². The first kappa shape index (κ1) is 12.4. The van der Waals surface area contributed by atoms with E-state index in [-0.39, 0.29) is 11.5 Å². The number of fused-ring (bicyclic) bond motifs is 2. The number of hydrogen-bond donors (Lipinski definition) is 1. The van der Waals surface area contributed by atoms with E-state index >= 15 is 0 Å². The molecular formula is C15H11N3O2S. The van der Waals surface area contributed by atoms with E-state index in [1.807, 2.05) is 12.1 Å². The Morgan fingerprint density at radius 1 is 1.24 bits per heavy atom. The molecule has 1 unspecified atom stereocenters. The summed E-state index contributed by atoms with van der Waals surface area (Å²) in [5, 5.41) is 17.6. The van der Waals surface area contributed by atoms with Crippen molar-refractivity contribution in [3.8, 4) is 0 Å². The molecule has 1 aliphatic heterocycles. The van der Waals surface area contributed by atoms with Crippen LogP contribution in [0.1, 0.15) is 27.7 Å². The monoisotopic (exact) mass is 297 g/mol. The lowest BCUT2D eigenvalue weighted by Crippen LogP contribution is -2.07. The van der Waals surface area contributed by atoms with Crippen LogP contribution in [0.2, 0.25) is 0 Å². The number of nitrogens with zero attached hydrogens (tertiary/aromatic N) is 3. The smallest absolute Gasteiger partial charge is 0.337 e. The molecule has 5 nitrogen and oxygen atoms in total. The second-order valence-corrected chi connectivity index (χ2v) is 5.97. The fourth-order valence-corrected chi connectivity index (χ4v) is 3.88. The summed E-state index contributed by atoms with van der Waals surface area (Å²) in [6.45, 7) is 0. The molecule has 0 spiro atoms. The highest BCUT2D eigenvalue weighted by atomic mass is 32.2. The second kappa shape index (κ2) is 4.60. The summed E-state index contributed by atoms with van der Waals surface area (Å²) < 4.78 is 1.79. The molecule has 0 saturated carbocycles. The quantitative estimate of drug-likeness (QED) is 0.787. The molecule has 4 rings (SSSR count). The number of carbonyl (C=O) groups is 1. The van der Waals surface area contributed by atoms with Gasteiger partial charge in [-0.2, -0.15) is 0 Å². The molecule has 3 heterocycles. The molecule has 0 bridgehead atoms. The van der Waals surface area contributed by atoms with Crippen molar-refractivity contribution in [2.24, 2.45) is 0 Å². The predicted octanol–water partition coefficient (Wildman–Crippen LogP) is 2.67. The van der Waals surface area contributed by atoms with Crippen LogP contribution in [0.3, 0.4) is 0 Å². The first-order chi connectivity index (χ1) is 10.2. The first-order valence-electron chi connectivity index (χ1n) is 6.54. The maximum Gasteiger partial charge on any atom is 0.337 e. The van der Waals surface area contributed by atoms with Gasteiger partial charge in [-0.25, -0.2) is 4.79 Å². The summed E-state index contributed by atoms with van der Waals surface area (Å²) in [6.07, 6.45) is 1.60. The van der Waals surface area contributed by atoms with Crippen LogP contribution in [-0.4, -0.2) is 31.4 Å². The lowest BCUT2D eigenvalue weighted by Gasteiger charge is -2.09. The van der Waals surface area contributed by atoms with Crippen molar-refractivity contribution in [1.29, 1.82) is 0 Å². The van der Waals surface area contributed by atoms with E-state index in [4.69, 9.17) is 5.11 Å². The third kappa shape index (κ3) is 1.91. The lowest BCUT2D eigenvalue weighted by atomic mass is 10.0. The lowest BCUT2D eigenvalue weighted by molar-refractivity contribution is 0.0696. The largest absolute Gasteiger partial charge is 0.478 e. The van der Waals surface area contributed by atoms with Gasteiger partial charge in [-0.05, 0) is 23.8 Å². The minimum absolute atomic E-state index is 0.144. The molecule has 1 aromatic carbocycles. The highest BCUT2D eigenvalue weighted by molar-refractivity contribution is 7.99. The maximum atomic E-state index is 11.1. The van der Waals surface area contributed by atoms with Gasteiger partial charge in [0.05, 0.1) is 11.5 Å². The topological polar surface area (TPSA) is 67.5 Å². The van der Waals surface area contributed by atoms with Gasteiger partial charge in [0.25, 0.3) is 0 Å². The standard InChI is InChI=1S/C15H11N3O2S/c19-15(20)9-5-6-13-16-17-14(18(13)7-9)11-8-21-12-4-2-1-3-10(11)12/h1-7,11H,8H2,(H,19,20). The Labute approximate surface area is 124 Å². The summed E-state index contributed by atoms with van der Waals surface area (Å²) in [5.74, 6) is 0.894. The fraction of sp³-hybridized carbons (Fsp3) is 0.133. The highest BCUT2D eigenvalue weighted by Gasteiger charge is 2.28. The second-order valence-electron chi connectivity index (χ2n) is 4.91. The van der Waals surface area contributed by atoms with E-state index in [1.54, 1.807) is 34.5 Å². The molecule has 0 amide bonds. The third-order valence-corrected chi connectivity index (χ3v) is 4.87. The fourth-order valence-electron chi connectivity index (χ4n) is 2.65.